The summed E-state index contributed by atoms with van der Waals surface area (Å²) in [5.41, 5.74) is 9.17. The van der Waals surface area contributed by atoms with Gasteiger partial charge >= 0.3 is 0 Å². The average molecular weight is 264 g/mol. The minimum absolute atomic E-state index is 0.523. The summed E-state index contributed by atoms with van der Waals surface area (Å²) in [6, 6.07) is 0. The maximum atomic E-state index is 5.89. The van der Waals surface area contributed by atoms with Crippen LogP contribution in [0.3, 0.4) is 0 Å². The Morgan fingerprint density at radius 2 is 1.95 bits per heavy atom. The highest BCUT2D eigenvalue weighted by Gasteiger charge is 2.23. The molecule has 0 unspecified atom stereocenters. The average Bonchev–Trinajstić information content (AvgIpc) is 2.43. The highest BCUT2D eigenvalue weighted by molar-refractivity contribution is 5.50. The molecule has 106 valence electrons. The fourth-order valence-corrected chi connectivity index (χ4v) is 2.69. The number of methoxy groups -OCH3 is 1. The van der Waals surface area contributed by atoms with Crippen LogP contribution in [0.2, 0.25) is 0 Å². The lowest BCUT2D eigenvalue weighted by molar-refractivity contribution is 0.139. The summed E-state index contributed by atoms with van der Waals surface area (Å²) in [6.45, 7) is 7.46. The summed E-state index contributed by atoms with van der Waals surface area (Å²) in [5, 5.41) is 8.62. The van der Waals surface area contributed by atoms with Crippen molar-refractivity contribution in [2.75, 3.05) is 31.7 Å². The summed E-state index contributed by atoms with van der Waals surface area (Å²) in [7, 11) is 1.77. The lowest BCUT2D eigenvalue weighted by atomic mass is 9.97. The Kier molecular flexibility index (Phi) is 4.71. The van der Waals surface area contributed by atoms with Gasteiger partial charge in [0.25, 0.3) is 0 Å². The number of piperidine rings is 1. The molecule has 1 aromatic heterocycles. The molecule has 2 rings (SSSR count). The normalized spacial score (nSPS) is 16.9. The second-order valence-corrected chi connectivity index (χ2v) is 5.30. The smallest absolute Gasteiger partial charge is 0.156 e. The number of ether oxygens (including phenoxy) is 1. The highest BCUT2D eigenvalue weighted by atomic mass is 16.5. The largest absolute Gasteiger partial charge is 0.384 e. The van der Waals surface area contributed by atoms with Crippen molar-refractivity contribution >= 4 is 5.82 Å². The van der Waals surface area contributed by atoms with Crippen molar-refractivity contribution in [2.24, 2.45) is 11.7 Å². The zero-order valence-corrected chi connectivity index (χ0v) is 12.1. The van der Waals surface area contributed by atoms with Crippen molar-refractivity contribution < 1.29 is 4.74 Å². The van der Waals surface area contributed by atoms with Crippen LogP contribution in [0.5, 0.6) is 0 Å². The minimum atomic E-state index is 0.523. The van der Waals surface area contributed by atoms with E-state index in [-0.39, 0.29) is 0 Å². The molecule has 1 saturated heterocycles. The van der Waals surface area contributed by atoms with Crippen LogP contribution < -0.4 is 10.6 Å². The SMILES string of the molecule is COCC1CCN(c2nnc(C)c(C)c2CN)CC1. The van der Waals surface area contributed by atoms with Gasteiger partial charge in [0.1, 0.15) is 0 Å². The van der Waals surface area contributed by atoms with E-state index in [0.29, 0.717) is 12.5 Å². The maximum Gasteiger partial charge on any atom is 0.156 e. The van der Waals surface area contributed by atoms with E-state index in [1.165, 1.54) is 5.56 Å². The Hall–Kier alpha value is -1.20. The molecule has 0 aliphatic carbocycles. The first-order valence-corrected chi connectivity index (χ1v) is 6.94. The number of rotatable bonds is 4. The fraction of sp³-hybridized carbons (Fsp3) is 0.714. The van der Waals surface area contributed by atoms with Gasteiger partial charge in [0.05, 0.1) is 5.69 Å². The summed E-state index contributed by atoms with van der Waals surface area (Å²) in [4.78, 5) is 2.31. The molecular formula is C14H24N4O. The van der Waals surface area contributed by atoms with Gasteiger partial charge in [0.15, 0.2) is 5.82 Å². The third kappa shape index (κ3) is 3.04. The van der Waals surface area contributed by atoms with Gasteiger partial charge in [-0.3, -0.25) is 0 Å². The standard InChI is InChI=1S/C14H24N4O/c1-10-11(2)16-17-14(13(10)8-15)18-6-4-12(5-7-18)9-19-3/h12H,4-9,15H2,1-3H3. The Morgan fingerprint density at radius 3 is 2.53 bits per heavy atom. The first kappa shape index (κ1) is 14.2. The number of aromatic nitrogens is 2. The second-order valence-electron chi connectivity index (χ2n) is 5.30. The van der Waals surface area contributed by atoms with E-state index >= 15 is 0 Å². The van der Waals surface area contributed by atoms with Crippen LogP contribution >= 0.6 is 0 Å². The first-order chi connectivity index (χ1) is 9.17. The van der Waals surface area contributed by atoms with E-state index < -0.39 is 0 Å². The monoisotopic (exact) mass is 264 g/mol. The Labute approximate surface area is 115 Å². The Bertz CT molecular complexity index is 428. The predicted octanol–water partition coefficient (Wildman–Crippen LogP) is 1.41. The molecule has 1 aromatic rings. The Morgan fingerprint density at radius 1 is 1.26 bits per heavy atom. The van der Waals surface area contributed by atoms with Gasteiger partial charge in [-0.25, -0.2) is 0 Å². The van der Waals surface area contributed by atoms with E-state index in [2.05, 4.69) is 22.0 Å². The van der Waals surface area contributed by atoms with Gasteiger partial charge in [-0.15, -0.1) is 5.10 Å². The zero-order valence-electron chi connectivity index (χ0n) is 12.1. The molecule has 19 heavy (non-hydrogen) atoms. The van der Waals surface area contributed by atoms with Crippen molar-refractivity contribution in [2.45, 2.75) is 33.2 Å². The molecule has 5 nitrogen and oxygen atoms in total. The molecule has 2 heterocycles. The van der Waals surface area contributed by atoms with E-state index in [0.717, 1.165) is 49.6 Å². The lowest BCUT2D eigenvalue weighted by Gasteiger charge is -2.33. The van der Waals surface area contributed by atoms with Crippen LogP contribution in [0.25, 0.3) is 0 Å². The van der Waals surface area contributed by atoms with Crippen LogP contribution in [0.1, 0.15) is 29.7 Å². The molecule has 0 spiro atoms. The molecular weight excluding hydrogens is 240 g/mol. The van der Waals surface area contributed by atoms with Gasteiger partial charge in [0.2, 0.25) is 0 Å². The van der Waals surface area contributed by atoms with E-state index in [9.17, 15) is 0 Å². The molecule has 0 atom stereocenters. The molecule has 0 radical (unpaired) electrons. The molecule has 1 aliphatic heterocycles. The summed E-state index contributed by atoms with van der Waals surface area (Å²) >= 11 is 0. The van der Waals surface area contributed by atoms with Gasteiger partial charge in [-0.05, 0) is 38.2 Å². The zero-order chi connectivity index (χ0) is 13.8. The van der Waals surface area contributed by atoms with Gasteiger partial charge in [0, 0.05) is 38.9 Å². The topological polar surface area (TPSA) is 64.3 Å². The highest BCUT2D eigenvalue weighted by Crippen LogP contribution is 2.26. The van der Waals surface area contributed by atoms with Crippen molar-refractivity contribution in [3.8, 4) is 0 Å². The minimum Gasteiger partial charge on any atom is -0.384 e. The van der Waals surface area contributed by atoms with Crippen LogP contribution in [-0.2, 0) is 11.3 Å². The molecule has 1 aliphatic rings. The molecule has 1 fully saturated rings. The molecule has 2 N–H and O–H groups in total. The van der Waals surface area contributed by atoms with Crippen LogP contribution in [-0.4, -0.2) is 37.0 Å². The predicted molar refractivity (Wildman–Crippen MR) is 76.2 cm³/mol. The first-order valence-electron chi connectivity index (χ1n) is 6.94. The van der Waals surface area contributed by atoms with Gasteiger partial charge in [-0.1, -0.05) is 0 Å². The number of anilines is 1. The van der Waals surface area contributed by atoms with Crippen molar-refractivity contribution in [1.82, 2.24) is 10.2 Å². The van der Waals surface area contributed by atoms with Crippen molar-refractivity contribution in [3.05, 3.63) is 16.8 Å². The molecule has 5 heteroatoms. The second kappa shape index (κ2) is 6.30. The fourth-order valence-electron chi connectivity index (χ4n) is 2.69. The van der Waals surface area contributed by atoms with E-state index in [1.807, 2.05) is 6.92 Å². The van der Waals surface area contributed by atoms with Crippen LogP contribution in [0, 0.1) is 19.8 Å². The molecule has 0 bridgehead atoms. The summed E-state index contributed by atoms with van der Waals surface area (Å²) in [5.74, 6) is 1.64. The van der Waals surface area contributed by atoms with Crippen molar-refractivity contribution in [3.63, 3.8) is 0 Å². The lowest BCUT2D eigenvalue weighted by Crippen LogP contribution is -2.36. The quantitative estimate of drug-likeness (QED) is 0.891. The third-order valence-electron chi connectivity index (χ3n) is 4.08. The van der Waals surface area contributed by atoms with Crippen LogP contribution in [0.4, 0.5) is 5.82 Å². The number of hydrogen-bond donors (Lipinski definition) is 1. The van der Waals surface area contributed by atoms with Gasteiger partial charge in [-0.2, -0.15) is 5.10 Å². The van der Waals surface area contributed by atoms with E-state index in [1.54, 1.807) is 7.11 Å². The molecule has 0 saturated carbocycles. The third-order valence-corrected chi connectivity index (χ3v) is 4.08. The Balaban J connectivity index is 2.13. The summed E-state index contributed by atoms with van der Waals surface area (Å²) < 4.78 is 5.24. The number of nitrogens with zero attached hydrogens (tertiary/aromatic N) is 3. The van der Waals surface area contributed by atoms with Gasteiger partial charge < -0.3 is 15.4 Å². The number of hydrogen-bond acceptors (Lipinski definition) is 5. The number of nitrogens with two attached hydrogens (primary N) is 1. The van der Waals surface area contributed by atoms with Crippen molar-refractivity contribution in [1.29, 1.82) is 0 Å². The molecule has 0 amide bonds. The van der Waals surface area contributed by atoms with E-state index in [4.69, 9.17) is 10.5 Å². The number of aryl methyl sites for hydroxylation is 1. The summed E-state index contributed by atoms with van der Waals surface area (Å²) in [6.07, 6.45) is 2.29. The molecule has 0 aromatic carbocycles. The van der Waals surface area contributed by atoms with Crippen LogP contribution in [0.15, 0.2) is 0 Å². The maximum absolute atomic E-state index is 5.89.